The van der Waals surface area contributed by atoms with Crippen LogP contribution < -0.4 is 10.6 Å². The van der Waals surface area contributed by atoms with Gasteiger partial charge in [-0.25, -0.2) is 4.68 Å². The Bertz CT molecular complexity index is 793. The molecule has 146 valence electrons. The summed E-state index contributed by atoms with van der Waals surface area (Å²) < 4.78 is 6.68. The second kappa shape index (κ2) is 7.80. The summed E-state index contributed by atoms with van der Waals surface area (Å²) in [6, 6.07) is 8.18. The van der Waals surface area contributed by atoms with Crippen molar-refractivity contribution in [2.75, 3.05) is 18.7 Å². The molecule has 3 rings (SSSR count). The Labute approximate surface area is 164 Å². The highest BCUT2D eigenvalue weighted by Crippen LogP contribution is 2.30. The Morgan fingerprint density at radius 3 is 2.48 bits per heavy atom. The molecule has 1 fully saturated rings. The van der Waals surface area contributed by atoms with Crippen molar-refractivity contribution in [3.8, 4) is 5.75 Å². The van der Waals surface area contributed by atoms with Gasteiger partial charge in [-0.15, -0.1) is 10.2 Å². The van der Waals surface area contributed by atoms with Gasteiger partial charge in [0.1, 0.15) is 5.75 Å². The van der Waals surface area contributed by atoms with E-state index in [1.165, 1.54) is 16.4 Å². The number of aromatic nitrogens is 3. The molecule has 2 aromatic rings. The molecule has 7 nitrogen and oxygen atoms in total. The van der Waals surface area contributed by atoms with Crippen LogP contribution in [0.5, 0.6) is 5.75 Å². The van der Waals surface area contributed by atoms with Gasteiger partial charge in [-0.05, 0) is 30.5 Å². The number of nitrogens with two attached hydrogens (primary N) is 1. The topological polar surface area (TPSA) is 86.3 Å². The maximum absolute atomic E-state index is 12.8. The summed E-state index contributed by atoms with van der Waals surface area (Å²) in [5, 5.41) is 8.88. The van der Waals surface area contributed by atoms with Crippen LogP contribution in [0.25, 0.3) is 0 Å². The number of carbonyl (C=O) groups excluding carboxylic acids is 1. The fourth-order valence-corrected chi connectivity index (χ4v) is 3.57. The molecular weight excluding hydrogens is 362 g/mol. The molecule has 0 spiro atoms. The number of thioether (sulfide) groups is 1. The van der Waals surface area contributed by atoms with Crippen molar-refractivity contribution in [3.63, 3.8) is 0 Å². The van der Waals surface area contributed by atoms with E-state index in [1.807, 2.05) is 49.9 Å². The molecule has 1 aromatic heterocycles. The minimum Gasteiger partial charge on any atom is -0.497 e. The SMILES string of the molecule is COc1ccc(CN(C(=O)CSc2nnc(C(C)(C)C)n2N)C2CC2)cc1. The molecular formula is C19H27N5O2S. The van der Waals surface area contributed by atoms with Crippen molar-refractivity contribution in [1.29, 1.82) is 0 Å². The summed E-state index contributed by atoms with van der Waals surface area (Å²) in [7, 11) is 1.65. The molecule has 1 amide bonds. The Hall–Kier alpha value is -2.22. The lowest BCUT2D eigenvalue weighted by atomic mass is 9.96. The van der Waals surface area contributed by atoms with Gasteiger partial charge < -0.3 is 15.5 Å². The van der Waals surface area contributed by atoms with Gasteiger partial charge in [0.2, 0.25) is 11.1 Å². The molecule has 0 unspecified atom stereocenters. The zero-order valence-electron chi connectivity index (χ0n) is 16.3. The zero-order valence-corrected chi connectivity index (χ0v) is 17.1. The largest absolute Gasteiger partial charge is 0.497 e. The lowest BCUT2D eigenvalue weighted by molar-refractivity contribution is -0.129. The molecule has 1 aromatic carbocycles. The lowest BCUT2D eigenvalue weighted by Crippen LogP contribution is -2.34. The highest BCUT2D eigenvalue weighted by Gasteiger charge is 2.33. The van der Waals surface area contributed by atoms with E-state index >= 15 is 0 Å². The fraction of sp³-hybridized carbons (Fsp3) is 0.526. The van der Waals surface area contributed by atoms with Crippen molar-refractivity contribution in [2.45, 2.75) is 56.8 Å². The molecule has 0 atom stereocenters. The summed E-state index contributed by atoms with van der Waals surface area (Å²) in [5.74, 6) is 8.02. The quantitative estimate of drug-likeness (QED) is 0.579. The Balaban J connectivity index is 1.63. The van der Waals surface area contributed by atoms with Crippen LogP contribution in [0.3, 0.4) is 0 Å². The minimum atomic E-state index is -0.195. The first-order valence-corrected chi connectivity index (χ1v) is 10.0. The molecule has 1 heterocycles. The van der Waals surface area contributed by atoms with Gasteiger partial charge in [-0.1, -0.05) is 44.7 Å². The normalized spacial score (nSPS) is 14.2. The van der Waals surface area contributed by atoms with Crippen LogP contribution in [-0.2, 0) is 16.8 Å². The smallest absolute Gasteiger partial charge is 0.233 e. The van der Waals surface area contributed by atoms with Gasteiger partial charge in [0.25, 0.3) is 0 Å². The van der Waals surface area contributed by atoms with Crippen molar-refractivity contribution in [3.05, 3.63) is 35.7 Å². The molecule has 8 heteroatoms. The van der Waals surface area contributed by atoms with Crippen LogP contribution in [0, 0.1) is 0 Å². The number of rotatable bonds is 7. The molecule has 0 aliphatic heterocycles. The number of methoxy groups -OCH3 is 1. The van der Waals surface area contributed by atoms with Crippen LogP contribution in [0.1, 0.15) is 45.0 Å². The van der Waals surface area contributed by atoms with E-state index in [0.717, 1.165) is 24.2 Å². The molecule has 1 aliphatic rings. The minimum absolute atomic E-state index is 0.0960. The van der Waals surface area contributed by atoms with Crippen molar-refractivity contribution >= 4 is 17.7 Å². The summed E-state index contributed by atoms with van der Waals surface area (Å²) >= 11 is 1.34. The van der Waals surface area contributed by atoms with Gasteiger partial charge in [0.15, 0.2) is 5.82 Å². The maximum atomic E-state index is 12.8. The van der Waals surface area contributed by atoms with E-state index < -0.39 is 0 Å². The monoisotopic (exact) mass is 389 g/mol. The molecule has 2 N–H and O–H groups in total. The third-order valence-corrected chi connectivity index (χ3v) is 5.41. The van der Waals surface area contributed by atoms with Crippen molar-refractivity contribution in [1.82, 2.24) is 19.8 Å². The summed E-state index contributed by atoms with van der Waals surface area (Å²) in [6.07, 6.45) is 2.13. The van der Waals surface area contributed by atoms with Gasteiger partial charge in [-0.2, -0.15) is 0 Å². The highest BCUT2D eigenvalue weighted by atomic mass is 32.2. The average Bonchev–Trinajstić information content (AvgIpc) is 3.39. The van der Waals surface area contributed by atoms with Crippen LogP contribution >= 0.6 is 11.8 Å². The third-order valence-electron chi connectivity index (χ3n) is 4.48. The second-order valence-corrected chi connectivity index (χ2v) is 8.76. The molecule has 1 aliphatic carbocycles. The van der Waals surface area contributed by atoms with Gasteiger partial charge in [0, 0.05) is 18.0 Å². The van der Waals surface area contributed by atoms with Gasteiger partial charge >= 0.3 is 0 Å². The third kappa shape index (κ3) is 4.74. The number of amides is 1. The first-order chi connectivity index (χ1) is 12.8. The number of ether oxygens (including phenoxy) is 1. The predicted octanol–water partition coefficient (Wildman–Crippen LogP) is 2.58. The van der Waals surface area contributed by atoms with E-state index in [1.54, 1.807) is 7.11 Å². The second-order valence-electron chi connectivity index (χ2n) is 7.82. The summed E-state index contributed by atoms with van der Waals surface area (Å²) in [4.78, 5) is 14.8. The van der Waals surface area contributed by atoms with Crippen LogP contribution in [0.4, 0.5) is 0 Å². The first-order valence-electron chi connectivity index (χ1n) is 9.05. The molecule has 0 saturated heterocycles. The number of nitrogens with zero attached hydrogens (tertiary/aromatic N) is 4. The maximum Gasteiger partial charge on any atom is 0.233 e. The van der Waals surface area contributed by atoms with Crippen LogP contribution in [0.2, 0.25) is 0 Å². The van der Waals surface area contributed by atoms with Crippen molar-refractivity contribution < 1.29 is 9.53 Å². The predicted molar refractivity (Wildman–Crippen MR) is 106 cm³/mol. The number of nitrogen functional groups attached to an aromatic ring is 1. The summed E-state index contributed by atoms with van der Waals surface area (Å²) in [6.45, 7) is 6.70. The van der Waals surface area contributed by atoms with E-state index in [-0.39, 0.29) is 11.3 Å². The Morgan fingerprint density at radius 1 is 1.30 bits per heavy atom. The molecule has 1 saturated carbocycles. The van der Waals surface area contributed by atoms with Gasteiger partial charge in [0.05, 0.1) is 12.9 Å². The number of benzene rings is 1. The fourth-order valence-electron chi connectivity index (χ4n) is 2.83. The van der Waals surface area contributed by atoms with Gasteiger partial charge in [-0.3, -0.25) is 4.79 Å². The average molecular weight is 390 g/mol. The number of hydrogen-bond donors (Lipinski definition) is 1. The number of carbonyl (C=O) groups is 1. The van der Waals surface area contributed by atoms with Crippen molar-refractivity contribution in [2.24, 2.45) is 0 Å². The summed E-state index contributed by atoms with van der Waals surface area (Å²) in [5.41, 5.74) is 0.900. The van der Waals surface area contributed by atoms with Crippen LogP contribution in [-0.4, -0.2) is 44.6 Å². The Kier molecular flexibility index (Phi) is 5.64. The Morgan fingerprint density at radius 2 is 1.96 bits per heavy atom. The molecule has 0 bridgehead atoms. The van der Waals surface area contributed by atoms with Crippen LogP contribution in [0.15, 0.2) is 29.4 Å². The molecule has 27 heavy (non-hydrogen) atoms. The van der Waals surface area contributed by atoms with E-state index in [0.29, 0.717) is 29.3 Å². The zero-order chi connectivity index (χ0) is 19.6. The number of hydrogen-bond acceptors (Lipinski definition) is 6. The van der Waals surface area contributed by atoms with E-state index in [9.17, 15) is 4.79 Å². The van der Waals surface area contributed by atoms with E-state index in [4.69, 9.17) is 10.6 Å². The first kappa shape index (κ1) is 19.5. The highest BCUT2D eigenvalue weighted by molar-refractivity contribution is 7.99. The van der Waals surface area contributed by atoms with E-state index in [2.05, 4.69) is 10.2 Å². The molecule has 0 radical (unpaired) electrons. The lowest BCUT2D eigenvalue weighted by Gasteiger charge is -2.22. The standard InChI is InChI=1S/C19H27N5O2S/c1-19(2,3)17-21-22-18(24(17)20)27-12-16(25)23(14-7-8-14)11-13-5-9-15(26-4)10-6-13/h5-6,9-10,14H,7-8,11-12,20H2,1-4H3.